The molecule has 0 spiro atoms. The number of rotatable bonds is 4. The summed E-state index contributed by atoms with van der Waals surface area (Å²) in [6.45, 7) is 5.32. The summed E-state index contributed by atoms with van der Waals surface area (Å²) in [5.74, 6) is 5.26. The standard InChI is InChI=1S/C29H40N2O2/c1-28-16-4-3-7-19(28)11-13-21-23-14-12-20(29(23,2)17-15-24(21)28)8-5-10-25-31-26-22(27(32)33-25)9-6-18-30-26/h6,9,18-21,23-24H,3-5,7-8,10-17H2,1-2H3. The number of aromatic nitrogens is 2. The van der Waals surface area contributed by atoms with Gasteiger partial charge in [0.1, 0.15) is 5.39 Å². The minimum atomic E-state index is -0.305. The Morgan fingerprint density at radius 3 is 2.79 bits per heavy atom. The highest BCUT2D eigenvalue weighted by Crippen LogP contribution is 2.67. The molecule has 0 aliphatic heterocycles. The molecule has 4 aliphatic rings. The Labute approximate surface area is 198 Å². The summed E-state index contributed by atoms with van der Waals surface area (Å²) < 4.78 is 5.51. The van der Waals surface area contributed by atoms with Crippen molar-refractivity contribution in [1.29, 1.82) is 0 Å². The van der Waals surface area contributed by atoms with Gasteiger partial charge >= 0.3 is 5.63 Å². The Bertz CT molecular complexity index is 1080. The molecule has 4 fully saturated rings. The van der Waals surface area contributed by atoms with Crippen molar-refractivity contribution in [3.8, 4) is 0 Å². The van der Waals surface area contributed by atoms with Gasteiger partial charge in [-0.05, 0) is 117 Å². The van der Waals surface area contributed by atoms with E-state index in [1.54, 1.807) is 18.3 Å². The third-order valence-electron chi connectivity index (χ3n) is 11.2. The lowest BCUT2D eigenvalue weighted by atomic mass is 9.45. The molecule has 2 aromatic heterocycles. The molecule has 4 heteroatoms. The predicted octanol–water partition coefficient (Wildman–Crippen LogP) is 6.95. The van der Waals surface area contributed by atoms with Crippen LogP contribution in [0.25, 0.3) is 11.0 Å². The van der Waals surface area contributed by atoms with Crippen LogP contribution < -0.4 is 5.63 Å². The van der Waals surface area contributed by atoms with Gasteiger partial charge in [-0.25, -0.2) is 9.78 Å². The molecule has 7 unspecified atom stereocenters. The van der Waals surface area contributed by atoms with Gasteiger partial charge < -0.3 is 4.42 Å². The number of aryl methyl sites for hydroxylation is 1. The molecule has 33 heavy (non-hydrogen) atoms. The van der Waals surface area contributed by atoms with Crippen LogP contribution in [0.2, 0.25) is 0 Å². The lowest BCUT2D eigenvalue weighted by molar-refractivity contribution is -0.111. The monoisotopic (exact) mass is 448 g/mol. The van der Waals surface area contributed by atoms with Crippen LogP contribution in [-0.4, -0.2) is 9.97 Å². The minimum absolute atomic E-state index is 0.305. The summed E-state index contributed by atoms with van der Waals surface area (Å²) in [6.07, 6.45) is 19.4. The maximum atomic E-state index is 12.3. The molecule has 4 saturated carbocycles. The Morgan fingerprint density at radius 1 is 1.00 bits per heavy atom. The van der Waals surface area contributed by atoms with Gasteiger partial charge in [-0.15, -0.1) is 0 Å². The van der Waals surface area contributed by atoms with Crippen LogP contribution >= 0.6 is 0 Å². The van der Waals surface area contributed by atoms with Gasteiger partial charge in [-0.1, -0.05) is 26.7 Å². The van der Waals surface area contributed by atoms with Crippen LogP contribution in [0.15, 0.2) is 27.5 Å². The van der Waals surface area contributed by atoms with E-state index in [0.717, 1.165) is 42.4 Å². The lowest BCUT2D eigenvalue weighted by Crippen LogP contribution is -2.52. The maximum Gasteiger partial charge on any atom is 0.348 e. The normalized spacial score (nSPS) is 40.2. The summed E-state index contributed by atoms with van der Waals surface area (Å²) >= 11 is 0. The maximum absolute atomic E-state index is 12.3. The van der Waals surface area contributed by atoms with Gasteiger partial charge in [0.2, 0.25) is 5.89 Å². The van der Waals surface area contributed by atoms with Crippen molar-refractivity contribution in [2.75, 3.05) is 0 Å². The largest absolute Gasteiger partial charge is 0.408 e. The molecule has 6 rings (SSSR count). The fraction of sp³-hybridized carbons (Fsp3) is 0.759. The minimum Gasteiger partial charge on any atom is -0.408 e. The third-order valence-corrected chi connectivity index (χ3v) is 11.2. The smallest absolute Gasteiger partial charge is 0.348 e. The molecule has 2 heterocycles. The van der Waals surface area contributed by atoms with E-state index in [2.05, 4.69) is 23.8 Å². The highest BCUT2D eigenvalue weighted by Gasteiger charge is 2.59. The Hall–Kier alpha value is -1.71. The first-order valence-electron chi connectivity index (χ1n) is 13.7. The predicted molar refractivity (Wildman–Crippen MR) is 131 cm³/mol. The average molecular weight is 449 g/mol. The van der Waals surface area contributed by atoms with E-state index in [-0.39, 0.29) is 5.63 Å². The van der Waals surface area contributed by atoms with Crippen LogP contribution in [0.3, 0.4) is 0 Å². The number of pyridine rings is 1. The molecular weight excluding hydrogens is 408 g/mol. The zero-order chi connectivity index (χ0) is 22.6. The van der Waals surface area contributed by atoms with Crippen LogP contribution in [-0.2, 0) is 6.42 Å². The molecule has 178 valence electrons. The fourth-order valence-electron chi connectivity index (χ4n) is 9.43. The number of nitrogens with zero attached hydrogens (tertiary/aromatic N) is 2. The van der Waals surface area contributed by atoms with Gasteiger partial charge in [0.25, 0.3) is 0 Å². The van der Waals surface area contributed by atoms with Gasteiger partial charge in [-0.3, -0.25) is 0 Å². The summed E-state index contributed by atoms with van der Waals surface area (Å²) in [5, 5.41) is 0.477. The summed E-state index contributed by atoms with van der Waals surface area (Å²) in [4.78, 5) is 21.0. The van der Waals surface area contributed by atoms with Gasteiger partial charge in [-0.2, -0.15) is 4.98 Å². The van der Waals surface area contributed by atoms with Crippen LogP contribution in [0.1, 0.15) is 96.8 Å². The second-order valence-electron chi connectivity index (χ2n) is 12.4. The van der Waals surface area contributed by atoms with Gasteiger partial charge in [0.15, 0.2) is 5.65 Å². The van der Waals surface area contributed by atoms with Crippen molar-refractivity contribution in [2.24, 2.45) is 40.4 Å². The second-order valence-corrected chi connectivity index (χ2v) is 12.4. The zero-order valence-corrected chi connectivity index (χ0v) is 20.5. The van der Waals surface area contributed by atoms with Crippen molar-refractivity contribution in [3.63, 3.8) is 0 Å². The molecule has 7 atom stereocenters. The van der Waals surface area contributed by atoms with E-state index in [1.165, 1.54) is 70.6 Å². The SMILES string of the molecule is CC12CCCCC1CCC1C2CCC2(C)C(CCCc3nc4ncccc4c(=O)o3)CCC12. The molecule has 0 aromatic carbocycles. The van der Waals surface area contributed by atoms with Crippen molar-refractivity contribution >= 4 is 11.0 Å². The lowest BCUT2D eigenvalue weighted by Gasteiger charge is -2.60. The van der Waals surface area contributed by atoms with Crippen LogP contribution in [0.5, 0.6) is 0 Å². The molecule has 4 aliphatic carbocycles. The van der Waals surface area contributed by atoms with E-state index in [9.17, 15) is 4.79 Å². The molecule has 0 N–H and O–H groups in total. The van der Waals surface area contributed by atoms with Crippen LogP contribution in [0.4, 0.5) is 0 Å². The number of hydrogen-bond acceptors (Lipinski definition) is 4. The quantitative estimate of drug-likeness (QED) is 0.507. The van der Waals surface area contributed by atoms with Crippen molar-refractivity contribution < 1.29 is 4.42 Å². The van der Waals surface area contributed by atoms with Gasteiger partial charge in [0.05, 0.1) is 0 Å². The topological polar surface area (TPSA) is 56.0 Å². The van der Waals surface area contributed by atoms with Crippen LogP contribution in [0, 0.1) is 40.4 Å². The molecule has 2 aromatic rings. The number of hydrogen-bond donors (Lipinski definition) is 0. The number of fused-ring (bicyclic) bond motifs is 6. The zero-order valence-electron chi connectivity index (χ0n) is 20.5. The highest BCUT2D eigenvalue weighted by molar-refractivity contribution is 5.72. The van der Waals surface area contributed by atoms with Crippen molar-refractivity contribution in [2.45, 2.75) is 97.3 Å². The van der Waals surface area contributed by atoms with E-state index in [4.69, 9.17) is 4.42 Å². The van der Waals surface area contributed by atoms with Crippen molar-refractivity contribution in [1.82, 2.24) is 9.97 Å². The summed E-state index contributed by atoms with van der Waals surface area (Å²) in [7, 11) is 0. The Kier molecular flexibility index (Phi) is 5.42. The van der Waals surface area contributed by atoms with E-state index in [0.29, 0.717) is 27.8 Å². The van der Waals surface area contributed by atoms with Crippen molar-refractivity contribution in [3.05, 3.63) is 34.6 Å². The first-order chi connectivity index (χ1) is 16.0. The highest BCUT2D eigenvalue weighted by atomic mass is 16.4. The first kappa shape index (κ1) is 21.8. The summed E-state index contributed by atoms with van der Waals surface area (Å²) in [5.41, 5.74) is 1.36. The average Bonchev–Trinajstić information content (AvgIpc) is 3.15. The summed E-state index contributed by atoms with van der Waals surface area (Å²) in [6, 6.07) is 3.50. The van der Waals surface area contributed by atoms with Gasteiger partial charge in [0, 0.05) is 12.6 Å². The second kappa shape index (κ2) is 8.20. The molecule has 4 nitrogen and oxygen atoms in total. The van der Waals surface area contributed by atoms with E-state index >= 15 is 0 Å². The Morgan fingerprint density at radius 2 is 1.88 bits per heavy atom. The molecule has 0 bridgehead atoms. The first-order valence-corrected chi connectivity index (χ1v) is 13.7. The third kappa shape index (κ3) is 3.49. The van der Waals surface area contributed by atoms with E-state index < -0.39 is 0 Å². The fourth-order valence-corrected chi connectivity index (χ4v) is 9.43. The molecule has 0 amide bonds. The molecule has 0 saturated heterocycles. The Balaban J connectivity index is 1.13. The molecule has 0 radical (unpaired) electrons. The molecular formula is C29H40N2O2. The van der Waals surface area contributed by atoms with E-state index in [1.807, 2.05) is 0 Å².